The van der Waals surface area contributed by atoms with E-state index in [1.165, 1.54) is 0 Å². The zero-order valence-corrected chi connectivity index (χ0v) is 22.4. The van der Waals surface area contributed by atoms with E-state index in [4.69, 9.17) is 14.2 Å². The van der Waals surface area contributed by atoms with Gasteiger partial charge in [-0.15, -0.1) is 0 Å². The lowest BCUT2D eigenvalue weighted by Crippen LogP contribution is -2.55. The molecule has 0 unspecified atom stereocenters. The van der Waals surface area contributed by atoms with E-state index < -0.39 is 41.1 Å². The van der Waals surface area contributed by atoms with Gasteiger partial charge in [0.15, 0.2) is 0 Å². The fourth-order valence-corrected chi connectivity index (χ4v) is 3.45. The first-order chi connectivity index (χ1) is 15.9. The molecular formula is C25H40N4O6. The van der Waals surface area contributed by atoms with Crippen LogP contribution in [0.5, 0.6) is 0 Å². The van der Waals surface area contributed by atoms with Crippen LogP contribution in [-0.2, 0) is 14.2 Å². The van der Waals surface area contributed by atoms with Crippen molar-refractivity contribution in [3.05, 3.63) is 18.2 Å². The number of hydrogen-bond acceptors (Lipinski definition) is 8. The quantitative estimate of drug-likeness (QED) is 0.545. The number of aromatic nitrogens is 1. The predicted octanol–water partition coefficient (Wildman–Crippen LogP) is 5.57. The second-order valence-electron chi connectivity index (χ2n) is 11.6. The van der Waals surface area contributed by atoms with Crippen molar-refractivity contribution in [2.45, 2.75) is 98.0 Å². The number of pyridine rings is 1. The van der Waals surface area contributed by atoms with Gasteiger partial charge < -0.3 is 19.1 Å². The number of ether oxygens (including phenoxy) is 3. The van der Waals surface area contributed by atoms with Crippen molar-refractivity contribution >= 4 is 29.9 Å². The SMILES string of the molecule is CC(C)(C)OC(=O)Nc1cccc(N2CCC[C@H](N(C(=O)OC(C)(C)C)C(=O)OC(C)(C)C)C2)n1. The van der Waals surface area contributed by atoms with Gasteiger partial charge in [-0.05, 0) is 87.3 Å². The fraction of sp³-hybridized carbons (Fsp3) is 0.680. The summed E-state index contributed by atoms with van der Waals surface area (Å²) in [5, 5.41) is 2.64. The first kappa shape index (κ1) is 28.2. The third-order valence-electron chi connectivity index (χ3n) is 4.63. The Hall–Kier alpha value is -3.04. The third kappa shape index (κ3) is 9.62. The van der Waals surface area contributed by atoms with E-state index in [1.807, 2.05) is 11.0 Å². The lowest BCUT2D eigenvalue weighted by Gasteiger charge is -2.39. The first-order valence-corrected chi connectivity index (χ1v) is 11.9. The van der Waals surface area contributed by atoms with Crippen molar-refractivity contribution in [1.29, 1.82) is 0 Å². The molecule has 1 aromatic rings. The smallest absolute Gasteiger partial charge is 0.420 e. The summed E-state index contributed by atoms with van der Waals surface area (Å²) in [5.41, 5.74) is -2.17. The van der Waals surface area contributed by atoms with Gasteiger partial charge in [0, 0.05) is 13.1 Å². The Kier molecular flexibility index (Phi) is 8.62. The zero-order chi connectivity index (χ0) is 26.6. The molecule has 1 N–H and O–H groups in total. The number of amides is 3. The average molecular weight is 493 g/mol. The predicted molar refractivity (Wildman–Crippen MR) is 134 cm³/mol. The van der Waals surface area contributed by atoms with Gasteiger partial charge in [0.2, 0.25) is 0 Å². The molecule has 1 aromatic heterocycles. The van der Waals surface area contributed by atoms with Gasteiger partial charge in [-0.25, -0.2) is 24.3 Å². The minimum atomic E-state index is -0.769. The van der Waals surface area contributed by atoms with E-state index in [2.05, 4.69) is 10.3 Å². The minimum absolute atomic E-state index is 0.343. The molecule has 0 bridgehead atoms. The third-order valence-corrected chi connectivity index (χ3v) is 4.63. The monoisotopic (exact) mass is 492 g/mol. The Morgan fingerprint density at radius 1 is 0.914 bits per heavy atom. The van der Waals surface area contributed by atoms with E-state index in [0.717, 1.165) is 11.3 Å². The minimum Gasteiger partial charge on any atom is -0.444 e. The van der Waals surface area contributed by atoms with Gasteiger partial charge in [0.1, 0.15) is 28.4 Å². The highest BCUT2D eigenvalue weighted by Crippen LogP contribution is 2.25. The van der Waals surface area contributed by atoms with Crippen LogP contribution in [0.1, 0.15) is 75.2 Å². The largest absolute Gasteiger partial charge is 0.444 e. The first-order valence-electron chi connectivity index (χ1n) is 11.9. The number of carbonyl (C=O) groups is 3. The van der Waals surface area contributed by atoms with Crippen molar-refractivity contribution in [1.82, 2.24) is 9.88 Å². The van der Waals surface area contributed by atoms with Crippen LogP contribution in [0.25, 0.3) is 0 Å². The number of rotatable bonds is 3. The van der Waals surface area contributed by atoms with Gasteiger partial charge in [0.05, 0.1) is 6.04 Å². The second kappa shape index (κ2) is 10.7. The molecule has 3 amide bonds. The van der Waals surface area contributed by atoms with Gasteiger partial charge in [-0.1, -0.05) is 6.07 Å². The molecule has 0 spiro atoms. The molecular weight excluding hydrogens is 452 g/mol. The van der Waals surface area contributed by atoms with Crippen LogP contribution in [0.2, 0.25) is 0 Å². The summed E-state index contributed by atoms with van der Waals surface area (Å²) in [6.07, 6.45) is -0.762. The number of carbonyl (C=O) groups excluding carboxylic acids is 3. The molecule has 1 aliphatic heterocycles. The van der Waals surface area contributed by atoms with Crippen molar-refractivity contribution in [3.63, 3.8) is 0 Å². The lowest BCUT2D eigenvalue weighted by atomic mass is 10.0. The summed E-state index contributed by atoms with van der Waals surface area (Å²) >= 11 is 0. The van der Waals surface area contributed by atoms with E-state index in [0.29, 0.717) is 31.1 Å². The Balaban J connectivity index is 2.22. The Morgan fingerprint density at radius 3 is 1.97 bits per heavy atom. The maximum Gasteiger partial charge on any atom is 0.420 e. The molecule has 0 aromatic carbocycles. The van der Waals surface area contributed by atoms with Crippen LogP contribution in [0.15, 0.2) is 18.2 Å². The summed E-state index contributed by atoms with van der Waals surface area (Å²) in [6, 6.07) is 4.78. The van der Waals surface area contributed by atoms with Crippen LogP contribution >= 0.6 is 0 Å². The maximum atomic E-state index is 13.0. The molecule has 1 atom stereocenters. The number of anilines is 2. The molecule has 10 heteroatoms. The number of hydrogen-bond donors (Lipinski definition) is 1. The molecule has 196 valence electrons. The van der Waals surface area contributed by atoms with Crippen LogP contribution in [0, 0.1) is 0 Å². The van der Waals surface area contributed by atoms with E-state index >= 15 is 0 Å². The number of nitrogens with zero attached hydrogens (tertiary/aromatic N) is 3. The highest BCUT2D eigenvalue weighted by molar-refractivity contribution is 5.89. The number of nitrogens with one attached hydrogen (secondary N) is 1. The molecule has 1 saturated heterocycles. The average Bonchev–Trinajstić information content (AvgIpc) is 2.64. The highest BCUT2D eigenvalue weighted by Gasteiger charge is 2.39. The number of imide groups is 1. The Bertz CT molecular complexity index is 886. The molecule has 0 radical (unpaired) electrons. The fourth-order valence-electron chi connectivity index (χ4n) is 3.45. The summed E-state index contributed by atoms with van der Waals surface area (Å²) in [7, 11) is 0. The van der Waals surface area contributed by atoms with Gasteiger partial charge in [-0.3, -0.25) is 5.32 Å². The summed E-state index contributed by atoms with van der Waals surface area (Å²) in [4.78, 5) is 45.8. The van der Waals surface area contributed by atoms with E-state index in [-0.39, 0.29) is 0 Å². The standard InChI is InChI=1S/C25H40N4O6/c1-23(2,3)33-20(30)27-18-13-10-14-19(26-18)28-15-11-12-17(16-28)29(21(31)34-24(4,5)6)22(32)35-25(7,8)9/h10,13-14,17H,11-12,15-16H2,1-9H3,(H,26,27,30)/t17-/m0/s1. The maximum absolute atomic E-state index is 13.0. The van der Waals surface area contributed by atoms with E-state index in [1.54, 1.807) is 74.4 Å². The number of piperidine rings is 1. The molecule has 2 heterocycles. The van der Waals surface area contributed by atoms with Gasteiger partial charge >= 0.3 is 18.3 Å². The van der Waals surface area contributed by atoms with Crippen LogP contribution in [0.3, 0.4) is 0 Å². The second-order valence-corrected chi connectivity index (χ2v) is 11.6. The molecule has 2 rings (SSSR count). The van der Waals surface area contributed by atoms with Crippen LogP contribution in [-0.4, -0.2) is 64.1 Å². The topological polar surface area (TPSA) is 110 Å². The van der Waals surface area contributed by atoms with Gasteiger partial charge in [0.25, 0.3) is 0 Å². The zero-order valence-electron chi connectivity index (χ0n) is 22.4. The summed E-state index contributed by atoms with van der Waals surface area (Å²) in [5.74, 6) is 0.951. The highest BCUT2D eigenvalue weighted by atomic mass is 16.6. The van der Waals surface area contributed by atoms with Crippen molar-refractivity contribution in [2.24, 2.45) is 0 Å². The van der Waals surface area contributed by atoms with E-state index in [9.17, 15) is 14.4 Å². The molecule has 0 aliphatic carbocycles. The normalized spacial score (nSPS) is 16.8. The Morgan fingerprint density at radius 2 is 1.46 bits per heavy atom. The molecule has 10 nitrogen and oxygen atoms in total. The lowest BCUT2D eigenvalue weighted by molar-refractivity contribution is -0.00850. The van der Waals surface area contributed by atoms with Crippen LogP contribution < -0.4 is 10.2 Å². The summed E-state index contributed by atoms with van der Waals surface area (Å²) in [6.45, 7) is 16.9. The van der Waals surface area contributed by atoms with Crippen molar-refractivity contribution < 1.29 is 28.6 Å². The van der Waals surface area contributed by atoms with Gasteiger partial charge in [-0.2, -0.15) is 0 Å². The molecule has 1 fully saturated rings. The van der Waals surface area contributed by atoms with Crippen LogP contribution in [0.4, 0.5) is 26.0 Å². The molecule has 0 saturated carbocycles. The van der Waals surface area contributed by atoms with Crippen molar-refractivity contribution in [3.8, 4) is 0 Å². The van der Waals surface area contributed by atoms with Crippen molar-refractivity contribution in [2.75, 3.05) is 23.3 Å². The summed E-state index contributed by atoms with van der Waals surface area (Å²) < 4.78 is 16.3. The Labute approximate surface area is 208 Å². The molecule has 35 heavy (non-hydrogen) atoms. The molecule has 1 aliphatic rings.